The molecule has 94 valence electrons. The lowest BCUT2D eigenvalue weighted by Gasteiger charge is -2.04. The third-order valence-corrected chi connectivity index (χ3v) is 4.01. The predicted octanol–water partition coefficient (Wildman–Crippen LogP) is 3.07. The Morgan fingerprint density at radius 2 is 2.06 bits per heavy atom. The summed E-state index contributed by atoms with van der Waals surface area (Å²) in [6, 6.07) is 9.51. The number of nitrogens with one attached hydrogen (secondary N) is 1. The third-order valence-electron chi connectivity index (χ3n) is 2.51. The van der Waals surface area contributed by atoms with E-state index < -0.39 is 0 Å². The number of rotatable bonds is 4. The van der Waals surface area contributed by atoms with Crippen LogP contribution in [0.5, 0.6) is 0 Å². The van der Waals surface area contributed by atoms with Crippen molar-refractivity contribution in [1.29, 1.82) is 0 Å². The number of amides is 1. The van der Waals surface area contributed by atoms with Gasteiger partial charge >= 0.3 is 0 Å². The van der Waals surface area contributed by atoms with Crippen LogP contribution in [0.2, 0.25) is 0 Å². The first kappa shape index (κ1) is 13.1. The Kier molecular flexibility index (Phi) is 4.38. The van der Waals surface area contributed by atoms with Crippen molar-refractivity contribution in [3.63, 3.8) is 0 Å². The van der Waals surface area contributed by atoms with E-state index in [0.29, 0.717) is 12.1 Å². The lowest BCUT2D eigenvalue weighted by atomic mass is 10.1. The molecule has 1 heterocycles. The zero-order valence-electron chi connectivity index (χ0n) is 9.65. The summed E-state index contributed by atoms with van der Waals surface area (Å²) in [6.45, 7) is 0.621. The second kappa shape index (κ2) is 6.02. The van der Waals surface area contributed by atoms with Crippen LogP contribution in [0.3, 0.4) is 0 Å². The predicted molar refractivity (Wildman–Crippen MR) is 78.9 cm³/mol. The summed E-state index contributed by atoms with van der Waals surface area (Å²) in [7, 11) is 0. The van der Waals surface area contributed by atoms with Gasteiger partial charge in [0.2, 0.25) is 0 Å². The van der Waals surface area contributed by atoms with Gasteiger partial charge in [0.15, 0.2) is 0 Å². The molecule has 0 fully saturated rings. The summed E-state index contributed by atoms with van der Waals surface area (Å²) in [5.41, 5.74) is 8.23. The Morgan fingerprint density at radius 3 is 2.67 bits per heavy atom. The van der Waals surface area contributed by atoms with Gasteiger partial charge in [-0.1, -0.05) is 12.1 Å². The first-order valence-electron chi connectivity index (χ1n) is 5.52. The van der Waals surface area contributed by atoms with Gasteiger partial charge in [-0.05, 0) is 46.1 Å². The molecule has 2 aromatic rings. The number of anilines is 1. The lowest BCUT2D eigenvalue weighted by molar-refractivity contribution is 0.0954. The summed E-state index contributed by atoms with van der Waals surface area (Å²) in [5, 5.41) is 4.73. The summed E-state index contributed by atoms with van der Waals surface area (Å²) < 4.78 is 0.964. The van der Waals surface area contributed by atoms with Crippen LogP contribution < -0.4 is 11.1 Å². The van der Waals surface area contributed by atoms with Gasteiger partial charge in [-0.3, -0.25) is 4.79 Å². The largest absolute Gasteiger partial charge is 0.399 e. The molecule has 5 heteroatoms. The highest BCUT2D eigenvalue weighted by Crippen LogP contribution is 2.20. The highest BCUT2D eigenvalue weighted by Gasteiger charge is 2.06. The van der Waals surface area contributed by atoms with Crippen LogP contribution >= 0.6 is 27.3 Å². The summed E-state index contributed by atoms with van der Waals surface area (Å²) in [4.78, 5) is 11.8. The molecule has 0 saturated heterocycles. The molecule has 2 rings (SSSR count). The highest BCUT2D eigenvalue weighted by atomic mass is 79.9. The van der Waals surface area contributed by atoms with Crippen molar-refractivity contribution in [2.75, 3.05) is 12.3 Å². The van der Waals surface area contributed by atoms with Crippen LogP contribution in [0.25, 0.3) is 0 Å². The minimum Gasteiger partial charge on any atom is -0.399 e. The van der Waals surface area contributed by atoms with E-state index in [2.05, 4.69) is 21.2 Å². The van der Waals surface area contributed by atoms with Gasteiger partial charge < -0.3 is 11.1 Å². The second-order valence-electron chi connectivity index (χ2n) is 3.89. The van der Waals surface area contributed by atoms with E-state index >= 15 is 0 Å². The van der Waals surface area contributed by atoms with Crippen LogP contribution in [0.4, 0.5) is 5.69 Å². The van der Waals surface area contributed by atoms with E-state index in [1.807, 2.05) is 35.7 Å². The van der Waals surface area contributed by atoms with Crippen molar-refractivity contribution in [3.8, 4) is 0 Å². The van der Waals surface area contributed by atoms with Crippen LogP contribution in [0.15, 0.2) is 39.5 Å². The molecule has 0 atom stereocenters. The van der Waals surface area contributed by atoms with E-state index in [4.69, 9.17) is 5.73 Å². The molecular formula is C13H13BrN2OS. The van der Waals surface area contributed by atoms with Crippen molar-refractivity contribution in [2.24, 2.45) is 0 Å². The molecule has 0 aliphatic rings. The smallest absolute Gasteiger partial charge is 0.252 e. The SMILES string of the molecule is Nc1ccc(CCNC(=O)c2csc(Br)c2)cc1. The second-order valence-corrected chi connectivity index (χ2v) is 6.18. The molecule has 0 unspecified atom stereocenters. The Hall–Kier alpha value is -1.33. The summed E-state index contributed by atoms with van der Waals surface area (Å²) in [5.74, 6) is -0.0348. The van der Waals surface area contributed by atoms with Gasteiger partial charge in [-0.2, -0.15) is 0 Å². The van der Waals surface area contributed by atoms with E-state index in [1.165, 1.54) is 11.3 Å². The summed E-state index contributed by atoms with van der Waals surface area (Å²) in [6.07, 6.45) is 0.803. The molecule has 3 nitrogen and oxygen atoms in total. The molecule has 0 aliphatic carbocycles. The molecule has 0 aliphatic heterocycles. The van der Waals surface area contributed by atoms with Crippen molar-refractivity contribution in [1.82, 2.24) is 5.32 Å². The number of nitrogen functional groups attached to an aromatic ring is 1. The number of hydrogen-bond acceptors (Lipinski definition) is 3. The molecule has 0 spiro atoms. The van der Waals surface area contributed by atoms with Crippen molar-refractivity contribution < 1.29 is 4.79 Å². The maximum Gasteiger partial charge on any atom is 0.252 e. The topological polar surface area (TPSA) is 55.1 Å². The number of carbonyl (C=O) groups excluding carboxylic acids is 1. The standard InChI is InChI=1S/C13H13BrN2OS/c14-12-7-10(8-18-12)13(17)16-6-5-9-1-3-11(15)4-2-9/h1-4,7-8H,5-6,15H2,(H,16,17). The maximum absolute atomic E-state index is 11.8. The van der Waals surface area contributed by atoms with Crippen molar-refractivity contribution in [2.45, 2.75) is 6.42 Å². The van der Waals surface area contributed by atoms with E-state index in [0.717, 1.165) is 21.5 Å². The first-order valence-corrected chi connectivity index (χ1v) is 7.19. The first-order chi connectivity index (χ1) is 8.65. The average Bonchev–Trinajstić information content (AvgIpc) is 2.78. The summed E-state index contributed by atoms with van der Waals surface area (Å²) >= 11 is 4.84. The number of benzene rings is 1. The third kappa shape index (κ3) is 3.58. The fourth-order valence-corrected chi connectivity index (χ4v) is 2.67. The van der Waals surface area contributed by atoms with Gasteiger partial charge in [0.25, 0.3) is 5.91 Å². The average molecular weight is 325 g/mol. The number of carbonyl (C=O) groups is 1. The fraction of sp³-hybridized carbons (Fsp3) is 0.154. The quantitative estimate of drug-likeness (QED) is 0.849. The van der Waals surface area contributed by atoms with Gasteiger partial charge in [0, 0.05) is 17.6 Å². The molecule has 3 N–H and O–H groups in total. The Morgan fingerprint density at radius 1 is 1.33 bits per heavy atom. The van der Waals surface area contributed by atoms with E-state index in [9.17, 15) is 4.79 Å². The number of hydrogen-bond donors (Lipinski definition) is 2. The Bertz CT molecular complexity index is 536. The number of thiophene rings is 1. The Balaban J connectivity index is 1.82. The lowest BCUT2D eigenvalue weighted by Crippen LogP contribution is -2.25. The van der Waals surface area contributed by atoms with Crippen LogP contribution in [0, 0.1) is 0 Å². The van der Waals surface area contributed by atoms with Gasteiger partial charge in [0.1, 0.15) is 0 Å². The molecule has 1 amide bonds. The van der Waals surface area contributed by atoms with E-state index in [1.54, 1.807) is 0 Å². The van der Waals surface area contributed by atoms with Gasteiger partial charge in [-0.15, -0.1) is 11.3 Å². The van der Waals surface area contributed by atoms with Crippen LogP contribution in [0.1, 0.15) is 15.9 Å². The zero-order valence-corrected chi connectivity index (χ0v) is 12.1. The molecule has 1 aromatic carbocycles. The number of halogens is 1. The van der Waals surface area contributed by atoms with E-state index in [-0.39, 0.29) is 5.91 Å². The number of nitrogens with two attached hydrogens (primary N) is 1. The fourth-order valence-electron chi connectivity index (χ4n) is 1.54. The molecule has 1 aromatic heterocycles. The van der Waals surface area contributed by atoms with Gasteiger partial charge in [-0.25, -0.2) is 0 Å². The molecule has 0 bridgehead atoms. The molecule has 0 saturated carbocycles. The van der Waals surface area contributed by atoms with Crippen molar-refractivity contribution in [3.05, 3.63) is 50.6 Å². The highest BCUT2D eigenvalue weighted by molar-refractivity contribution is 9.11. The normalized spacial score (nSPS) is 10.3. The minimum atomic E-state index is -0.0348. The van der Waals surface area contributed by atoms with Crippen LogP contribution in [-0.4, -0.2) is 12.5 Å². The monoisotopic (exact) mass is 324 g/mol. The van der Waals surface area contributed by atoms with Gasteiger partial charge in [0.05, 0.1) is 9.35 Å². The van der Waals surface area contributed by atoms with Crippen LogP contribution in [-0.2, 0) is 6.42 Å². The molecular weight excluding hydrogens is 312 g/mol. The van der Waals surface area contributed by atoms with Crippen molar-refractivity contribution >= 4 is 38.9 Å². The maximum atomic E-state index is 11.8. The molecule has 0 radical (unpaired) electrons. The minimum absolute atomic E-state index is 0.0348. The Labute approximate surface area is 118 Å². The zero-order chi connectivity index (χ0) is 13.0. The molecule has 18 heavy (non-hydrogen) atoms.